The molecule has 0 aliphatic rings. The first-order valence-corrected chi connectivity index (χ1v) is 14.2. The van der Waals surface area contributed by atoms with Gasteiger partial charge in [-0.15, -0.1) is 0 Å². The van der Waals surface area contributed by atoms with Crippen molar-refractivity contribution in [2.24, 2.45) is 0 Å². The fourth-order valence-corrected chi connectivity index (χ4v) is 4.92. The Morgan fingerprint density at radius 3 is 2.15 bits per heavy atom. The van der Waals surface area contributed by atoms with Crippen molar-refractivity contribution >= 4 is 11.8 Å². The number of carbonyl (C=O) groups excluding carboxylic acids is 2. The van der Waals surface area contributed by atoms with Crippen LogP contribution in [0.25, 0.3) is 0 Å². The summed E-state index contributed by atoms with van der Waals surface area (Å²) in [7, 11) is 0. The van der Waals surface area contributed by atoms with Crippen molar-refractivity contribution in [2.75, 3.05) is 19.6 Å². The average molecular weight is 566 g/mol. The van der Waals surface area contributed by atoms with Gasteiger partial charge in [0.2, 0.25) is 0 Å². The summed E-state index contributed by atoms with van der Waals surface area (Å²) >= 11 is 0. The van der Waals surface area contributed by atoms with Crippen molar-refractivity contribution in [2.45, 2.75) is 65.6 Å². The number of aryl methyl sites for hydroxylation is 2. The summed E-state index contributed by atoms with van der Waals surface area (Å²) < 4.78 is 27.9. The minimum Gasteiger partial charge on any atom is -0.390 e. The van der Waals surface area contributed by atoms with E-state index in [9.17, 15) is 23.5 Å². The number of halogens is 2. The van der Waals surface area contributed by atoms with Gasteiger partial charge >= 0.3 is 0 Å². The Hall–Kier alpha value is -3.62. The monoisotopic (exact) mass is 565 g/mol. The maximum absolute atomic E-state index is 13.9. The van der Waals surface area contributed by atoms with Crippen molar-refractivity contribution in [1.29, 1.82) is 0 Å². The van der Waals surface area contributed by atoms with E-state index in [1.807, 2.05) is 52.0 Å². The highest BCUT2D eigenvalue weighted by Crippen LogP contribution is 2.16. The number of aliphatic hydroxyl groups excluding tert-OH is 1. The Labute approximate surface area is 241 Å². The van der Waals surface area contributed by atoms with Crippen LogP contribution in [0.1, 0.15) is 69.7 Å². The van der Waals surface area contributed by atoms with E-state index < -0.39 is 29.7 Å². The Kier molecular flexibility index (Phi) is 12.0. The molecular formula is C33H41F2N3O3. The van der Waals surface area contributed by atoms with Crippen LogP contribution in [0.2, 0.25) is 0 Å². The number of nitrogens with one attached hydrogen (secondary N) is 2. The highest BCUT2D eigenvalue weighted by Gasteiger charge is 2.24. The Balaban J connectivity index is 1.81. The number of aliphatic hydroxyl groups is 1. The predicted molar refractivity (Wildman–Crippen MR) is 158 cm³/mol. The number of rotatable bonds is 14. The fourth-order valence-electron chi connectivity index (χ4n) is 4.92. The first-order chi connectivity index (χ1) is 19.6. The number of hydrogen-bond acceptors (Lipinski definition) is 4. The van der Waals surface area contributed by atoms with E-state index in [1.54, 1.807) is 23.1 Å². The lowest BCUT2D eigenvalue weighted by Crippen LogP contribution is -2.48. The van der Waals surface area contributed by atoms with Gasteiger partial charge in [-0.25, -0.2) is 8.78 Å². The van der Waals surface area contributed by atoms with Crippen LogP contribution in [-0.4, -0.2) is 53.6 Å². The van der Waals surface area contributed by atoms with E-state index in [1.165, 1.54) is 12.1 Å². The highest BCUT2D eigenvalue weighted by atomic mass is 19.1. The van der Waals surface area contributed by atoms with Crippen molar-refractivity contribution in [3.8, 4) is 0 Å². The minimum atomic E-state index is -1.06. The Morgan fingerprint density at radius 1 is 0.854 bits per heavy atom. The van der Waals surface area contributed by atoms with Crippen molar-refractivity contribution in [1.82, 2.24) is 15.5 Å². The minimum absolute atomic E-state index is 0.00604. The molecular weight excluding hydrogens is 524 g/mol. The Bertz CT molecular complexity index is 1300. The van der Waals surface area contributed by atoms with Gasteiger partial charge in [-0.05, 0) is 80.1 Å². The zero-order chi connectivity index (χ0) is 29.9. The molecule has 6 nitrogen and oxygen atoms in total. The summed E-state index contributed by atoms with van der Waals surface area (Å²) in [4.78, 5) is 28.4. The van der Waals surface area contributed by atoms with Gasteiger partial charge in [0.05, 0.1) is 12.1 Å². The molecule has 220 valence electrons. The molecule has 0 aromatic heterocycles. The summed E-state index contributed by atoms with van der Waals surface area (Å²) in [6, 6.07) is 15.3. The van der Waals surface area contributed by atoms with Gasteiger partial charge in [0.15, 0.2) is 0 Å². The van der Waals surface area contributed by atoms with E-state index in [0.29, 0.717) is 30.8 Å². The van der Waals surface area contributed by atoms with Crippen LogP contribution in [0.5, 0.6) is 0 Å². The molecule has 0 aliphatic heterocycles. The molecule has 0 heterocycles. The molecule has 3 aromatic carbocycles. The molecule has 0 spiro atoms. The molecule has 41 heavy (non-hydrogen) atoms. The largest absolute Gasteiger partial charge is 0.390 e. The second kappa shape index (κ2) is 15.4. The van der Waals surface area contributed by atoms with Crippen molar-refractivity contribution in [3.63, 3.8) is 0 Å². The number of benzene rings is 3. The zero-order valence-corrected chi connectivity index (χ0v) is 24.3. The fraction of sp³-hybridized carbons (Fsp3) is 0.394. The maximum atomic E-state index is 13.9. The van der Waals surface area contributed by atoms with Crippen LogP contribution >= 0.6 is 0 Å². The molecule has 0 fully saturated rings. The van der Waals surface area contributed by atoms with E-state index in [0.717, 1.165) is 35.6 Å². The standard InChI is InChI=1S/C33H41F2N3O3/c1-5-10-38(11-6-2)33(41)27-14-23(4)13-26(18-27)32(40)37-30(17-25-15-28(34)19-29(35)16-25)31(39)21-36-20-24-9-7-8-22(3)12-24/h7-9,12-16,18-19,30-31,36,39H,5-6,10-11,17,20-21H2,1-4H3,(H,37,40)/t30-,31+/m0/s1. The number of carbonyl (C=O) groups is 2. The van der Waals surface area contributed by atoms with Gasteiger partial charge in [0, 0.05) is 43.4 Å². The third-order valence-electron chi connectivity index (χ3n) is 6.78. The first-order valence-electron chi connectivity index (χ1n) is 14.2. The van der Waals surface area contributed by atoms with Gasteiger partial charge in [-0.2, -0.15) is 0 Å². The van der Waals surface area contributed by atoms with Crippen LogP contribution in [0, 0.1) is 25.5 Å². The topological polar surface area (TPSA) is 81.7 Å². The van der Waals surface area contributed by atoms with Crippen LogP contribution in [0.15, 0.2) is 60.7 Å². The van der Waals surface area contributed by atoms with E-state index in [4.69, 9.17) is 0 Å². The molecule has 3 aromatic rings. The van der Waals surface area contributed by atoms with Crippen LogP contribution in [0.4, 0.5) is 8.78 Å². The Morgan fingerprint density at radius 2 is 1.51 bits per heavy atom. The van der Waals surface area contributed by atoms with Gasteiger partial charge in [0.1, 0.15) is 11.6 Å². The molecule has 0 bridgehead atoms. The van der Waals surface area contributed by atoms with Gasteiger partial charge in [-0.1, -0.05) is 43.7 Å². The molecule has 0 aliphatic carbocycles. The SMILES string of the molecule is CCCN(CCC)C(=O)c1cc(C)cc(C(=O)N[C@@H](Cc2cc(F)cc(F)c2)[C@H](O)CNCc2cccc(C)c2)c1. The van der Waals surface area contributed by atoms with Crippen LogP contribution in [0.3, 0.4) is 0 Å². The van der Waals surface area contributed by atoms with Gasteiger partial charge in [0.25, 0.3) is 11.8 Å². The molecule has 8 heteroatoms. The van der Waals surface area contributed by atoms with Crippen LogP contribution in [-0.2, 0) is 13.0 Å². The smallest absolute Gasteiger partial charge is 0.253 e. The van der Waals surface area contributed by atoms with Crippen molar-refractivity contribution in [3.05, 3.63) is 106 Å². The summed E-state index contributed by atoms with van der Waals surface area (Å²) in [5.74, 6) is -2.09. The molecule has 2 amide bonds. The third kappa shape index (κ3) is 9.76. The van der Waals surface area contributed by atoms with E-state index in [-0.39, 0.29) is 24.4 Å². The quantitative estimate of drug-likeness (QED) is 0.247. The molecule has 3 rings (SSSR count). The molecule has 0 unspecified atom stereocenters. The van der Waals surface area contributed by atoms with Crippen LogP contribution < -0.4 is 10.6 Å². The van der Waals surface area contributed by atoms with Crippen molar-refractivity contribution < 1.29 is 23.5 Å². The van der Waals surface area contributed by atoms with Gasteiger partial charge in [-0.3, -0.25) is 9.59 Å². The highest BCUT2D eigenvalue weighted by molar-refractivity contribution is 6.00. The van der Waals surface area contributed by atoms with E-state index >= 15 is 0 Å². The molecule has 0 radical (unpaired) electrons. The molecule has 0 saturated carbocycles. The summed E-state index contributed by atoms with van der Waals surface area (Å²) in [5.41, 5.74) is 3.91. The first kappa shape index (κ1) is 31.9. The number of hydrogen-bond donors (Lipinski definition) is 3. The third-order valence-corrected chi connectivity index (χ3v) is 6.78. The summed E-state index contributed by atoms with van der Waals surface area (Å²) in [6.07, 6.45) is 0.587. The zero-order valence-electron chi connectivity index (χ0n) is 24.3. The normalized spacial score (nSPS) is 12.6. The lowest BCUT2D eigenvalue weighted by molar-refractivity contribution is 0.0755. The summed E-state index contributed by atoms with van der Waals surface area (Å²) in [5, 5.41) is 17.2. The summed E-state index contributed by atoms with van der Waals surface area (Å²) in [6.45, 7) is 9.71. The molecule has 2 atom stereocenters. The number of amides is 2. The number of nitrogens with zero attached hydrogens (tertiary/aromatic N) is 1. The van der Waals surface area contributed by atoms with E-state index in [2.05, 4.69) is 10.6 Å². The molecule has 3 N–H and O–H groups in total. The predicted octanol–water partition coefficient (Wildman–Crippen LogP) is 5.34. The molecule has 0 saturated heterocycles. The maximum Gasteiger partial charge on any atom is 0.253 e. The second-order valence-electron chi connectivity index (χ2n) is 10.6. The van der Waals surface area contributed by atoms with Gasteiger partial charge < -0.3 is 20.6 Å². The lowest BCUT2D eigenvalue weighted by atomic mass is 9.99. The average Bonchev–Trinajstić information content (AvgIpc) is 2.91. The second-order valence-corrected chi connectivity index (χ2v) is 10.6. The lowest BCUT2D eigenvalue weighted by Gasteiger charge is -2.25.